The third-order valence-electron chi connectivity index (χ3n) is 3.39. The van der Waals surface area contributed by atoms with Gasteiger partial charge in [-0.25, -0.2) is 8.78 Å². The van der Waals surface area contributed by atoms with Gasteiger partial charge >= 0.3 is 0 Å². The van der Waals surface area contributed by atoms with Crippen LogP contribution in [0.2, 0.25) is 0 Å². The topological polar surface area (TPSA) is 78.4 Å². The molecule has 2 rings (SSSR count). The van der Waals surface area contributed by atoms with Gasteiger partial charge in [0.2, 0.25) is 11.8 Å². The largest absolute Gasteiger partial charge is 0.386 e. The Bertz CT molecular complexity index is 823. The molecule has 0 bridgehead atoms. The zero-order chi connectivity index (χ0) is 19.8. The van der Waals surface area contributed by atoms with Crippen LogP contribution >= 0.6 is 27.7 Å². The number of carbonyl (C=O) groups is 2. The Kier molecular flexibility index (Phi) is 8.21. The number of aliphatic hydroxyl groups excluding tert-OH is 1. The summed E-state index contributed by atoms with van der Waals surface area (Å²) in [5.41, 5.74) is 0.543. The first-order valence-electron chi connectivity index (χ1n) is 7.88. The Morgan fingerprint density at radius 1 is 1.11 bits per heavy atom. The maximum Gasteiger partial charge on any atom is 0.234 e. The van der Waals surface area contributed by atoms with Gasteiger partial charge in [-0.05, 0) is 24.3 Å². The van der Waals surface area contributed by atoms with Crippen molar-refractivity contribution in [3.8, 4) is 0 Å². The fourth-order valence-electron chi connectivity index (χ4n) is 2.14. The molecule has 0 aliphatic heterocycles. The van der Waals surface area contributed by atoms with Crippen LogP contribution in [-0.4, -0.2) is 35.0 Å². The van der Waals surface area contributed by atoms with Gasteiger partial charge in [0.1, 0.15) is 11.6 Å². The lowest BCUT2D eigenvalue weighted by atomic mass is 10.1. The highest BCUT2D eigenvalue weighted by Crippen LogP contribution is 2.18. The second kappa shape index (κ2) is 10.4. The first-order chi connectivity index (χ1) is 12.8. The van der Waals surface area contributed by atoms with Crippen LogP contribution in [0.15, 0.2) is 46.9 Å². The summed E-state index contributed by atoms with van der Waals surface area (Å²) in [6, 6.07) is 9.95. The van der Waals surface area contributed by atoms with Crippen LogP contribution in [0.1, 0.15) is 11.7 Å². The lowest BCUT2D eigenvalue weighted by Gasteiger charge is -2.13. The Hall–Kier alpha value is -1.97. The van der Waals surface area contributed by atoms with Crippen LogP contribution < -0.4 is 10.6 Å². The SMILES string of the molecule is O=C(CSCC(=O)Nc1cccc(Br)c1)NCC(O)c1ccc(F)cc1F. The van der Waals surface area contributed by atoms with Crippen molar-refractivity contribution < 1.29 is 23.5 Å². The molecule has 0 saturated heterocycles. The summed E-state index contributed by atoms with van der Waals surface area (Å²) < 4.78 is 27.3. The lowest BCUT2D eigenvalue weighted by molar-refractivity contribution is -0.119. The number of anilines is 1. The molecule has 0 aliphatic rings. The molecule has 0 aliphatic carbocycles. The first kappa shape index (κ1) is 21.3. The fraction of sp³-hybridized carbons (Fsp3) is 0.222. The average Bonchev–Trinajstić information content (AvgIpc) is 2.59. The Balaban J connectivity index is 1.69. The molecule has 0 fully saturated rings. The molecule has 2 aromatic rings. The van der Waals surface area contributed by atoms with E-state index in [0.717, 1.165) is 28.4 Å². The number of hydrogen-bond acceptors (Lipinski definition) is 4. The van der Waals surface area contributed by atoms with Crippen LogP contribution in [0.25, 0.3) is 0 Å². The van der Waals surface area contributed by atoms with E-state index in [0.29, 0.717) is 11.8 Å². The Morgan fingerprint density at radius 3 is 2.56 bits per heavy atom. The van der Waals surface area contributed by atoms with Crippen LogP contribution in [0.3, 0.4) is 0 Å². The molecule has 0 aromatic heterocycles. The molecule has 1 unspecified atom stereocenters. The summed E-state index contributed by atoms with van der Waals surface area (Å²) >= 11 is 4.41. The Morgan fingerprint density at radius 2 is 1.85 bits per heavy atom. The summed E-state index contributed by atoms with van der Waals surface area (Å²) in [6.45, 7) is -0.216. The molecule has 0 saturated carbocycles. The molecule has 2 amide bonds. The van der Waals surface area contributed by atoms with Crippen LogP contribution in [-0.2, 0) is 9.59 Å². The van der Waals surface area contributed by atoms with E-state index in [-0.39, 0.29) is 29.5 Å². The van der Waals surface area contributed by atoms with E-state index in [9.17, 15) is 23.5 Å². The zero-order valence-electron chi connectivity index (χ0n) is 14.0. The van der Waals surface area contributed by atoms with E-state index in [1.165, 1.54) is 0 Å². The van der Waals surface area contributed by atoms with Crippen molar-refractivity contribution in [2.24, 2.45) is 0 Å². The highest BCUT2D eigenvalue weighted by Gasteiger charge is 2.15. The van der Waals surface area contributed by atoms with Crippen LogP contribution in [0.5, 0.6) is 0 Å². The molecule has 5 nitrogen and oxygen atoms in total. The molecule has 9 heteroatoms. The second-order valence-corrected chi connectivity index (χ2v) is 7.44. The number of benzene rings is 2. The van der Waals surface area contributed by atoms with Gasteiger partial charge in [-0.1, -0.05) is 28.1 Å². The number of carbonyl (C=O) groups excluding carboxylic acids is 2. The average molecular weight is 459 g/mol. The van der Waals surface area contributed by atoms with E-state index in [4.69, 9.17) is 0 Å². The molecule has 27 heavy (non-hydrogen) atoms. The quantitative estimate of drug-likeness (QED) is 0.567. The summed E-state index contributed by atoms with van der Waals surface area (Å²) in [6.07, 6.45) is -1.29. The molecule has 3 N–H and O–H groups in total. The third kappa shape index (κ3) is 7.28. The minimum atomic E-state index is -1.29. The van der Waals surface area contributed by atoms with E-state index >= 15 is 0 Å². The monoisotopic (exact) mass is 458 g/mol. The van der Waals surface area contributed by atoms with E-state index in [2.05, 4.69) is 26.6 Å². The van der Waals surface area contributed by atoms with Gasteiger partial charge in [-0.2, -0.15) is 0 Å². The second-order valence-electron chi connectivity index (χ2n) is 5.54. The summed E-state index contributed by atoms with van der Waals surface area (Å²) in [5.74, 6) is -2.20. The number of amides is 2. The van der Waals surface area contributed by atoms with Crippen molar-refractivity contribution in [3.05, 3.63) is 64.1 Å². The smallest absolute Gasteiger partial charge is 0.234 e. The van der Waals surface area contributed by atoms with Crippen LogP contribution in [0, 0.1) is 11.6 Å². The lowest BCUT2D eigenvalue weighted by Crippen LogP contribution is -2.30. The van der Waals surface area contributed by atoms with Gasteiger partial charge in [0.05, 0.1) is 17.6 Å². The third-order valence-corrected chi connectivity index (χ3v) is 4.81. The van der Waals surface area contributed by atoms with E-state index < -0.39 is 23.6 Å². The standard InChI is InChI=1S/C18H17BrF2N2O3S/c19-11-2-1-3-13(6-11)23-18(26)10-27-9-17(25)22-8-16(24)14-5-4-12(20)7-15(14)21/h1-7,16,24H,8-10H2,(H,22,25)(H,23,26). The number of rotatable bonds is 8. The summed E-state index contributed by atoms with van der Waals surface area (Å²) in [5, 5.41) is 15.0. The molecule has 144 valence electrons. The highest BCUT2D eigenvalue weighted by atomic mass is 79.9. The maximum absolute atomic E-state index is 13.6. The number of nitrogens with one attached hydrogen (secondary N) is 2. The predicted octanol–water partition coefficient (Wildman–Crippen LogP) is 3.25. The van der Waals surface area contributed by atoms with E-state index in [1.807, 2.05) is 6.07 Å². The number of thioether (sulfide) groups is 1. The molecule has 1 atom stereocenters. The van der Waals surface area contributed by atoms with Gasteiger partial charge in [-0.15, -0.1) is 11.8 Å². The Labute approximate surface area is 167 Å². The van der Waals surface area contributed by atoms with Gasteiger partial charge in [0, 0.05) is 28.3 Å². The maximum atomic E-state index is 13.6. The molecule has 0 radical (unpaired) electrons. The first-order valence-corrected chi connectivity index (χ1v) is 9.83. The fourth-order valence-corrected chi connectivity index (χ4v) is 3.19. The zero-order valence-corrected chi connectivity index (χ0v) is 16.4. The van der Waals surface area contributed by atoms with Crippen molar-refractivity contribution in [2.75, 3.05) is 23.4 Å². The van der Waals surface area contributed by atoms with Crippen molar-refractivity contribution in [1.29, 1.82) is 0 Å². The molecular formula is C18H17BrF2N2O3S. The summed E-state index contributed by atoms with van der Waals surface area (Å²) in [7, 11) is 0. The van der Waals surface area contributed by atoms with Crippen molar-refractivity contribution >= 4 is 45.2 Å². The minimum Gasteiger partial charge on any atom is -0.386 e. The van der Waals surface area contributed by atoms with Crippen molar-refractivity contribution in [1.82, 2.24) is 5.32 Å². The van der Waals surface area contributed by atoms with Gasteiger partial charge < -0.3 is 15.7 Å². The van der Waals surface area contributed by atoms with Gasteiger partial charge in [0.25, 0.3) is 0 Å². The number of halogens is 3. The van der Waals surface area contributed by atoms with Gasteiger partial charge in [0.15, 0.2) is 0 Å². The molecule has 2 aromatic carbocycles. The molecule has 0 heterocycles. The molecular weight excluding hydrogens is 442 g/mol. The van der Waals surface area contributed by atoms with Crippen molar-refractivity contribution in [2.45, 2.75) is 6.10 Å². The minimum absolute atomic E-state index is 0.00449. The number of aliphatic hydroxyl groups is 1. The number of hydrogen-bond donors (Lipinski definition) is 3. The van der Waals surface area contributed by atoms with Crippen LogP contribution in [0.4, 0.5) is 14.5 Å². The van der Waals surface area contributed by atoms with E-state index in [1.54, 1.807) is 18.2 Å². The summed E-state index contributed by atoms with van der Waals surface area (Å²) in [4.78, 5) is 23.6. The normalized spacial score (nSPS) is 11.7. The highest BCUT2D eigenvalue weighted by molar-refractivity contribution is 9.10. The van der Waals surface area contributed by atoms with Crippen molar-refractivity contribution in [3.63, 3.8) is 0 Å². The molecule has 0 spiro atoms. The van der Waals surface area contributed by atoms with Gasteiger partial charge in [-0.3, -0.25) is 9.59 Å². The predicted molar refractivity (Wildman–Crippen MR) is 104 cm³/mol.